The van der Waals surface area contributed by atoms with Gasteiger partial charge < -0.3 is 46.1 Å². The monoisotopic (exact) mass is 906 g/mol. The van der Waals surface area contributed by atoms with Crippen molar-refractivity contribution in [2.24, 2.45) is 0 Å². The van der Waals surface area contributed by atoms with Crippen LogP contribution in [0.2, 0.25) is 0 Å². The summed E-state index contributed by atoms with van der Waals surface area (Å²) in [7, 11) is 0. The Hall–Kier alpha value is -5.71. The van der Waals surface area contributed by atoms with Gasteiger partial charge in [0.15, 0.2) is 0 Å². The highest BCUT2D eigenvalue weighted by molar-refractivity contribution is 6.01. The average Bonchev–Trinajstić information content (AvgIpc) is 3.22. The quantitative estimate of drug-likeness (QED) is 0.0433. The van der Waals surface area contributed by atoms with Gasteiger partial charge in [-0.1, -0.05) is 6.92 Å². The van der Waals surface area contributed by atoms with Crippen LogP contribution in [0.4, 0.5) is 0 Å². The van der Waals surface area contributed by atoms with Crippen LogP contribution in [0.15, 0.2) is 18.2 Å². The number of carbonyl (C=O) groups excluding carboxylic acids is 6. The zero-order chi connectivity index (χ0) is 47.4. The average molecular weight is 907 g/mol. The predicted octanol–water partition coefficient (Wildman–Crippen LogP) is -1.00. The molecule has 1 aromatic carbocycles. The molecule has 2 rings (SSSR count). The number of carboxylic acid groups (broad SMARTS) is 3. The number of hydrogen-bond acceptors (Lipinski definition) is 15. The van der Waals surface area contributed by atoms with Crippen molar-refractivity contribution >= 4 is 53.5 Å². The molecule has 0 saturated carbocycles. The van der Waals surface area contributed by atoms with E-state index in [-0.39, 0.29) is 114 Å². The number of carboxylic acids is 3. The normalized spacial score (nSPS) is 15.0. The first-order chi connectivity index (χ1) is 30.4. The molecule has 0 bridgehead atoms. The Labute approximate surface area is 373 Å². The van der Waals surface area contributed by atoms with Gasteiger partial charge in [0.05, 0.1) is 39.4 Å². The summed E-state index contributed by atoms with van der Waals surface area (Å²) < 4.78 is 10.1. The van der Waals surface area contributed by atoms with Crippen LogP contribution in [-0.2, 0) is 43.0 Å². The number of nitrogens with one attached hydrogen (secondary N) is 4. The molecule has 7 N–H and O–H groups in total. The third-order valence-electron chi connectivity index (χ3n) is 9.83. The summed E-state index contributed by atoms with van der Waals surface area (Å²) in [6.45, 7) is 6.85. The minimum Gasteiger partial charge on any atom is -0.480 e. The van der Waals surface area contributed by atoms with Crippen molar-refractivity contribution in [3.8, 4) is 0 Å². The summed E-state index contributed by atoms with van der Waals surface area (Å²) >= 11 is 0. The fraction of sp³-hybridized carbons (Fsp3) is 0.643. The van der Waals surface area contributed by atoms with E-state index in [4.69, 9.17) is 9.47 Å². The first kappa shape index (κ1) is 54.4. The number of hydrogen-bond donors (Lipinski definition) is 7. The van der Waals surface area contributed by atoms with Crippen molar-refractivity contribution in [3.05, 3.63) is 34.9 Å². The molecule has 1 aromatic rings. The number of rotatable bonds is 26. The third-order valence-corrected chi connectivity index (χ3v) is 9.83. The molecule has 1 saturated heterocycles. The van der Waals surface area contributed by atoms with Gasteiger partial charge in [0.25, 0.3) is 11.8 Å². The summed E-state index contributed by atoms with van der Waals surface area (Å²) in [5.74, 6) is -6.04. The second-order valence-corrected chi connectivity index (χ2v) is 15.6. The van der Waals surface area contributed by atoms with Gasteiger partial charge in [0.2, 0.25) is 11.8 Å². The number of ether oxygens (including phenoxy) is 2. The van der Waals surface area contributed by atoms with E-state index in [2.05, 4.69) is 21.3 Å². The molecule has 0 aromatic heterocycles. The molecule has 0 spiro atoms. The molecule has 64 heavy (non-hydrogen) atoms. The van der Waals surface area contributed by atoms with E-state index in [1.54, 1.807) is 33.8 Å². The SMILES string of the molecule is CCCOC(=O)CNC(=O)c1cc(C)cc(C(=O)NCC(=O)OCCCC(=O)N[C@H](C)CCCCNC(=O)CN2CCN(CC(=O)O)CCN(CC(=O)O)CCN(CC(=O)O)CC2)c1. The lowest BCUT2D eigenvalue weighted by Crippen LogP contribution is -2.49. The Morgan fingerprint density at radius 2 is 1.03 bits per heavy atom. The van der Waals surface area contributed by atoms with E-state index in [1.807, 2.05) is 18.7 Å². The van der Waals surface area contributed by atoms with E-state index < -0.39 is 48.2 Å². The summed E-state index contributed by atoms with van der Waals surface area (Å²) in [6, 6.07) is 4.28. The van der Waals surface area contributed by atoms with Crippen LogP contribution in [0.5, 0.6) is 0 Å². The highest BCUT2D eigenvalue weighted by Gasteiger charge is 2.22. The van der Waals surface area contributed by atoms with Crippen molar-refractivity contribution in [2.45, 2.75) is 65.3 Å². The highest BCUT2D eigenvalue weighted by Crippen LogP contribution is 2.11. The molecule has 22 heteroatoms. The minimum atomic E-state index is -1.04. The molecular formula is C42H66N8O14. The number of unbranched alkanes of at least 4 members (excludes halogenated alkanes) is 1. The van der Waals surface area contributed by atoms with E-state index in [0.717, 1.165) is 0 Å². The van der Waals surface area contributed by atoms with Gasteiger partial charge in [-0.2, -0.15) is 0 Å². The molecule has 1 aliphatic rings. The summed E-state index contributed by atoms with van der Waals surface area (Å²) in [4.78, 5) is 116. The van der Waals surface area contributed by atoms with Crippen molar-refractivity contribution in [2.75, 3.05) is 111 Å². The van der Waals surface area contributed by atoms with Gasteiger partial charge in [-0.3, -0.25) is 62.8 Å². The fourth-order valence-electron chi connectivity index (χ4n) is 6.56. The van der Waals surface area contributed by atoms with Crippen LogP contribution < -0.4 is 21.3 Å². The molecule has 0 unspecified atom stereocenters. The molecular weight excluding hydrogens is 841 g/mol. The number of aryl methyl sites for hydroxylation is 1. The van der Waals surface area contributed by atoms with Gasteiger partial charge in [-0.05, 0) is 69.7 Å². The fourth-order valence-corrected chi connectivity index (χ4v) is 6.56. The largest absolute Gasteiger partial charge is 0.480 e. The molecule has 0 radical (unpaired) electrons. The van der Waals surface area contributed by atoms with Crippen LogP contribution in [0.1, 0.15) is 78.7 Å². The smallest absolute Gasteiger partial charge is 0.325 e. The summed E-state index contributed by atoms with van der Waals surface area (Å²) in [5, 5.41) is 38.9. The van der Waals surface area contributed by atoms with Gasteiger partial charge in [-0.15, -0.1) is 0 Å². The van der Waals surface area contributed by atoms with Crippen LogP contribution in [-0.4, -0.2) is 206 Å². The second kappa shape index (κ2) is 30.4. The van der Waals surface area contributed by atoms with Crippen LogP contribution >= 0.6 is 0 Å². The van der Waals surface area contributed by atoms with E-state index >= 15 is 0 Å². The molecule has 358 valence electrons. The van der Waals surface area contributed by atoms with Crippen LogP contribution in [0, 0.1) is 6.92 Å². The minimum absolute atomic E-state index is 0.0146. The number of esters is 2. The lowest BCUT2D eigenvalue weighted by atomic mass is 10.1. The predicted molar refractivity (Wildman–Crippen MR) is 230 cm³/mol. The molecule has 0 aliphatic carbocycles. The van der Waals surface area contributed by atoms with E-state index in [9.17, 15) is 58.5 Å². The number of nitrogens with zero attached hydrogens (tertiary/aromatic N) is 4. The molecule has 4 amide bonds. The Bertz CT molecular complexity index is 1700. The highest BCUT2D eigenvalue weighted by atomic mass is 16.5. The van der Waals surface area contributed by atoms with E-state index in [0.29, 0.717) is 64.0 Å². The lowest BCUT2D eigenvalue weighted by Gasteiger charge is -2.32. The maximum absolute atomic E-state index is 12.9. The Balaban J connectivity index is 1.69. The van der Waals surface area contributed by atoms with Crippen LogP contribution in [0.3, 0.4) is 0 Å². The van der Waals surface area contributed by atoms with Crippen molar-refractivity contribution in [1.29, 1.82) is 0 Å². The van der Waals surface area contributed by atoms with Gasteiger partial charge in [0.1, 0.15) is 13.1 Å². The summed E-state index contributed by atoms with van der Waals surface area (Å²) in [5.41, 5.74) is 0.903. The number of aliphatic carboxylic acids is 3. The molecule has 1 heterocycles. The molecule has 22 nitrogen and oxygen atoms in total. The van der Waals surface area contributed by atoms with Crippen molar-refractivity contribution < 1.29 is 67.9 Å². The molecule has 1 atom stereocenters. The van der Waals surface area contributed by atoms with Gasteiger partial charge >= 0.3 is 29.8 Å². The Morgan fingerprint density at radius 1 is 0.594 bits per heavy atom. The van der Waals surface area contributed by atoms with E-state index in [1.165, 1.54) is 6.07 Å². The Kier molecular flexibility index (Phi) is 25.8. The van der Waals surface area contributed by atoms with Crippen molar-refractivity contribution in [1.82, 2.24) is 40.9 Å². The van der Waals surface area contributed by atoms with Gasteiger partial charge in [-0.25, -0.2) is 0 Å². The number of carbonyl (C=O) groups is 9. The number of amides is 4. The maximum atomic E-state index is 12.9. The third kappa shape index (κ3) is 24.8. The molecule has 1 fully saturated rings. The maximum Gasteiger partial charge on any atom is 0.325 e. The number of benzene rings is 1. The van der Waals surface area contributed by atoms with Crippen molar-refractivity contribution in [3.63, 3.8) is 0 Å². The summed E-state index contributed by atoms with van der Waals surface area (Å²) in [6.07, 6.45) is 2.99. The second-order valence-electron chi connectivity index (χ2n) is 15.6. The van der Waals surface area contributed by atoms with Gasteiger partial charge in [0, 0.05) is 82.5 Å². The zero-order valence-electron chi connectivity index (χ0n) is 37.2. The zero-order valence-corrected chi connectivity index (χ0v) is 37.2. The first-order valence-electron chi connectivity index (χ1n) is 21.5. The molecule has 1 aliphatic heterocycles. The Morgan fingerprint density at radius 3 is 1.47 bits per heavy atom. The first-order valence-corrected chi connectivity index (χ1v) is 21.5. The lowest BCUT2D eigenvalue weighted by molar-refractivity contribution is -0.143. The van der Waals surface area contributed by atoms with Crippen LogP contribution in [0.25, 0.3) is 0 Å². The topological polar surface area (TPSA) is 294 Å². The standard InChI is InChI=1S/C42H66N8O14/c1-4-19-63-39(59)24-44-41(61)32-21-30(2)22-33(23-32)42(62)45-25-40(60)64-20-7-9-34(51)46-31(3)8-5-6-10-43-35(52)26-47-11-13-48(27-36(53)54)15-17-50(29-38(57)58)18-16-49(14-12-47)28-37(55)56/h21-23,31H,4-20,24-29H2,1-3H3,(H,43,52)(H,44,61)(H,45,62)(H,46,51)(H,53,54)(H,55,56)(H,57,58)/t31-/m1/s1.